The normalized spacial score (nSPS) is 12.3. The van der Waals surface area contributed by atoms with E-state index in [0.717, 1.165) is 18.8 Å². The van der Waals surface area contributed by atoms with Crippen molar-refractivity contribution >= 4 is 5.97 Å². The van der Waals surface area contributed by atoms with Crippen LogP contribution in [0, 0.1) is 5.92 Å². The van der Waals surface area contributed by atoms with E-state index in [1.807, 2.05) is 0 Å². The van der Waals surface area contributed by atoms with Crippen LogP contribution in [0.25, 0.3) is 0 Å². The molecule has 0 saturated carbocycles. The Balaban J connectivity index is 3.29. The van der Waals surface area contributed by atoms with Gasteiger partial charge in [-0.05, 0) is 18.8 Å². The summed E-state index contributed by atoms with van der Waals surface area (Å²) < 4.78 is 0. The molecule has 0 rings (SSSR count). The van der Waals surface area contributed by atoms with Crippen LogP contribution in [0.4, 0.5) is 0 Å². The smallest absolute Gasteiger partial charge is 0.330 e. The average Bonchev–Trinajstić information content (AvgIpc) is 2.42. The first-order chi connectivity index (χ1) is 9.57. The zero-order valence-corrected chi connectivity index (χ0v) is 13.6. The molecule has 0 radical (unpaired) electrons. The minimum Gasteiger partial charge on any atom is -0.478 e. The number of hydrogen-bond acceptors (Lipinski definition) is 1. The number of carbonyl (C=O) groups is 1. The minimum atomic E-state index is -0.846. The van der Waals surface area contributed by atoms with E-state index in [4.69, 9.17) is 5.11 Å². The lowest BCUT2D eigenvalue weighted by atomic mass is 9.96. The van der Waals surface area contributed by atoms with Crippen LogP contribution in [-0.2, 0) is 4.79 Å². The van der Waals surface area contributed by atoms with E-state index in [2.05, 4.69) is 20.4 Å². The van der Waals surface area contributed by atoms with Crippen LogP contribution < -0.4 is 0 Å². The van der Waals surface area contributed by atoms with Crippen molar-refractivity contribution in [3.8, 4) is 0 Å². The maximum absolute atomic E-state index is 10.6. The van der Waals surface area contributed by atoms with Gasteiger partial charge in [-0.25, -0.2) is 4.79 Å². The Morgan fingerprint density at radius 3 is 1.95 bits per heavy atom. The van der Waals surface area contributed by atoms with E-state index in [-0.39, 0.29) is 0 Å². The van der Waals surface area contributed by atoms with Gasteiger partial charge in [-0.1, -0.05) is 84.6 Å². The average molecular weight is 282 g/mol. The zero-order chi connectivity index (χ0) is 15.2. The molecule has 0 spiro atoms. The third-order valence-corrected chi connectivity index (χ3v) is 4.03. The maximum Gasteiger partial charge on any atom is 0.330 e. The second-order valence-electron chi connectivity index (χ2n) is 6.17. The van der Waals surface area contributed by atoms with Crippen LogP contribution in [0.3, 0.4) is 0 Å². The van der Waals surface area contributed by atoms with Crippen LogP contribution >= 0.6 is 0 Å². The molecule has 20 heavy (non-hydrogen) atoms. The molecule has 0 bridgehead atoms. The Bertz CT molecular complexity index is 258. The molecule has 1 N–H and O–H groups in total. The Morgan fingerprint density at radius 2 is 1.45 bits per heavy atom. The second kappa shape index (κ2) is 13.2. The van der Waals surface area contributed by atoms with Crippen LogP contribution in [0.15, 0.2) is 12.2 Å². The summed E-state index contributed by atoms with van der Waals surface area (Å²) in [5.41, 5.74) is 0.352. The van der Waals surface area contributed by atoms with Gasteiger partial charge in [0.2, 0.25) is 0 Å². The number of rotatable bonds is 14. The Labute approximate surface area is 125 Å². The van der Waals surface area contributed by atoms with Crippen molar-refractivity contribution in [2.75, 3.05) is 0 Å². The predicted octanol–water partition coefficient (Wildman–Crippen LogP) is 5.96. The minimum absolute atomic E-state index is 0.352. The van der Waals surface area contributed by atoms with E-state index in [0.29, 0.717) is 12.0 Å². The van der Waals surface area contributed by atoms with Gasteiger partial charge >= 0.3 is 5.97 Å². The summed E-state index contributed by atoms with van der Waals surface area (Å²) in [7, 11) is 0. The highest BCUT2D eigenvalue weighted by Crippen LogP contribution is 2.18. The first-order valence-corrected chi connectivity index (χ1v) is 8.49. The summed E-state index contributed by atoms with van der Waals surface area (Å²) in [6.45, 7) is 8.18. The summed E-state index contributed by atoms with van der Waals surface area (Å²) in [6.07, 6.45) is 14.9. The molecule has 2 heteroatoms. The molecule has 118 valence electrons. The van der Waals surface area contributed by atoms with Crippen molar-refractivity contribution in [3.63, 3.8) is 0 Å². The standard InChI is InChI=1S/C18H34O2/c1-4-5-6-7-10-13-16(2)14-11-8-9-12-15-17(3)18(19)20/h16H,3-15H2,1-2H3,(H,19,20). The molecule has 0 aromatic heterocycles. The topological polar surface area (TPSA) is 37.3 Å². The molecule has 0 aromatic carbocycles. The van der Waals surface area contributed by atoms with Crippen molar-refractivity contribution in [2.45, 2.75) is 90.9 Å². The molecule has 0 saturated heterocycles. The number of carboxylic acids is 1. The number of carboxylic acid groups (broad SMARTS) is 1. The highest BCUT2D eigenvalue weighted by Gasteiger charge is 2.04. The van der Waals surface area contributed by atoms with Gasteiger partial charge in [0.15, 0.2) is 0 Å². The summed E-state index contributed by atoms with van der Waals surface area (Å²) in [5, 5.41) is 8.69. The highest BCUT2D eigenvalue weighted by molar-refractivity contribution is 5.85. The van der Waals surface area contributed by atoms with E-state index in [9.17, 15) is 4.79 Å². The molecule has 0 fully saturated rings. The SMILES string of the molecule is C=C(CCCCCCC(C)CCCCCCC)C(=O)O. The van der Waals surface area contributed by atoms with Crippen molar-refractivity contribution in [1.29, 1.82) is 0 Å². The first kappa shape index (κ1) is 19.2. The lowest BCUT2D eigenvalue weighted by Crippen LogP contribution is -1.98. The molecule has 0 aliphatic heterocycles. The van der Waals surface area contributed by atoms with Crippen LogP contribution in [0.5, 0.6) is 0 Å². The molecular formula is C18H34O2. The molecule has 0 heterocycles. The van der Waals surface area contributed by atoms with Crippen LogP contribution in [0.2, 0.25) is 0 Å². The lowest BCUT2D eigenvalue weighted by molar-refractivity contribution is -0.132. The fourth-order valence-corrected chi connectivity index (χ4v) is 2.53. The van der Waals surface area contributed by atoms with E-state index in [1.165, 1.54) is 57.8 Å². The molecule has 0 aliphatic rings. The third kappa shape index (κ3) is 12.3. The first-order valence-electron chi connectivity index (χ1n) is 8.49. The molecular weight excluding hydrogens is 248 g/mol. The molecule has 1 atom stereocenters. The summed E-state index contributed by atoms with van der Waals surface area (Å²) in [5.74, 6) is 0.00677. The van der Waals surface area contributed by atoms with Gasteiger partial charge in [0.05, 0.1) is 0 Å². The van der Waals surface area contributed by atoms with Gasteiger partial charge in [0.1, 0.15) is 0 Å². The third-order valence-electron chi connectivity index (χ3n) is 4.03. The molecule has 2 nitrogen and oxygen atoms in total. The molecule has 0 aromatic rings. The van der Waals surface area contributed by atoms with E-state index < -0.39 is 5.97 Å². The number of unbranched alkanes of at least 4 members (excludes halogenated alkanes) is 7. The van der Waals surface area contributed by atoms with Gasteiger partial charge in [0.25, 0.3) is 0 Å². The summed E-state index contributed by atoms with van der Waals surface area (Å²) >= 11 is 0. The Hall–Kier alpha value is -0.790. The van der Waals surface area contributed by atoms with Gasteiger partial charge < -0.3 is 5.11 Å². The highest BCUT2D eigenvalue weighted by atomic mass is 16.4. The van der Waals surface area contributed by atoms with Gasteiger partial charge in [0, 0.05) is 5.57 Å². The number of hydrogen-bond donors (Lipinski definition) is 1. The van der Waals surface area contributed by atoms with Gasteiger partial charge in [-0.3, -0.25) is 0 Å². The largest absolute Gasteiger partial charge is 0.478 e. The van der Waals surface area contributed by atoms with Crippen LogP contribution in [-0.4, -0.2) is 11.1 Å². The molecule has 0 aliphatic carbocycles. The summed E-state index contributed by atoms with van der Waals surface area (Å²) in [6, 6.07) is 0. The predicted molar refractivity (Wildman–Crippen MR) is 87.0 cm³/mol. The van der Waals surface area contributed by atoms with Crippen molar-refractivity contribution < 1.29 is 9.90 Å². The van der Waals surface area contributed by atoms with Gasteiger partial charge in [-0.2, -0.15) is 0 Å². The van der Waals surface area contributed by atoms with E-state index in [1.54, 1.807) is 0 Å². The Morgan fingerprint density at radius 1 is 0.950 bits per heavy atom. The van der Waals surface area contributed by atoms with Gasteiger partial charge in [-0.15, -0.1) is 0 Å². The van der Waals surface area contributed by atoms with Crippen molar-refractivity contribution in [1.82, 2.24) is 0 Å². The molecule has 1 unspecified atom stereocenters. The quantitative estimate of drug-likeness (QED) is 0.315. The maximum atomic E-state index is 10.6. The zero-order valence-electron chi connectivity index (χ0n) is 13.6. The fourth-order valence-electron chi connectivity index (χ4n) is 2.53. The fraction of sp³-hybridized carbons (Fsp3) is 0.833. The van der Waals surface area contributed by atoms with Crippen molar-refractivity contribution in [2.24, 2.45) is 5.92 Å². The monoisotopic (exact) mass is 282 g/mol. The number of aliphatic carboxylic acids is 1. The van der Waals surface area contributed by atoms with Crippen molar-refractivity contribution in [3.05, 3.63) is 12.2 Å². The second-order valence-corrected chi connectivity index (χ2v) is 6.17. The van der Waals surface area contributed by atoms with E-state index >= 15 is 0 Å². The van der Waals surface area contributed by atoms with Crippen LogP contribution in [0.1, 0.15) is 90.9 Å². The Kier molecular flexibility index (Phi) is 12.7. The summed E-state index contributed by atoms with van der Waals surface area (Å²) in [4.78, 5) is 10.6. The molecule has 0 amide bonds. The lowest BCUT2D eigenvalue weighted by Gasteiger charge is -2.11.